The van der Waals surface area contributed by atoms with Crippen molar-refractivity contribution >= 4 is 5.91 Å². The summed E-state index contributed by atoms with van der Waals surface area (Å²) >= 11 is 0. The van der Waals surface area contributed by atoms with E-state index in [2.05, 4.69) is 10.3 Å². The standard InChI is InChI=1S/C23H24N2O3/c1-17-8-9-18(2)21(12-17)27-16-22(26)25-14-20-10-11-24-23(13-20)28-15-19-6-4-3-5-7-19/h3-13H,14-16H2,1-2H3,(H,25,26). The van der Waals surface area contributed by atoms with Crippen molar-refractivity contribution < 1.29 is 14.3 Å². The first-order valence-corrected chi connectivity index (χ1v) is 9.18. The molecule has 0 atom stereocenters. The summed E-state index contributed by atoms with van der Waals surface area (Å²) in [5, 5.41) is 2.86. The molecule has 0 aliphatic heterocycles. The monoisotopic (exact) mass is 376 g/mol. The Bertz CT molecular complexity index is 926. The van der Waals surface area contributed by atoms with E-state index in [1.165, 1.54) is 0 Å². The van der Waals surface area contributed by atoms with Gasteiger partial charge in [0.15, 0.2) is 6.61 Å². The maximum atomic E-state index is 12.1. The van der Waals surface area contributed by atoms with Crippen LogP contribution in [0.3, 0.4) is 0 Å². The molecule has 0 fully saturated rings. The maximum absolute atomic E-state index is 12.1. The summed E-state index contributed by atoms with van der Waals surface area (Å²) in [5.41, 5.74) is 4.10. The Balaban J connectivity index is 1.47. The van der Waals surface area contributed by atoms with Crippen molar-refractivity contribution in [1.82, 2.24) is 10.3 Å². The van der Waals surface area contributed by atoms with Crippen LogP contribution in [0, 0.1) is 13.8 Å². The fourth-order valence-electron chi connectivity index (χ4n) is 2.63. The van der Waals surface area contributed by atoms with Gasteiger partial charge in [0.2, 0.25) is 5.88 Å². The van der Waals surface area contributed by atoms with Crippen LogP contribution in [0.2, 0.25) is 0 Å². The largest absolute Gasteiger partial charge is 0.483 e. The van der Waals surface area contributed by atoms with Gasteiger partial charge in [-0.1, -0.05) is 42.5 Å². The Labute approximate surface area is 165 Å². The van der Waals surface area contributed by atoms with E-state index in [1.54, 1.807) is 6.20 Å². The Kier molecular flexibility index (Phi) is 6.63. The molecule has 3 aromatic rings. The molecule has 0 saturated heterocycles. The summed E-state index contributed by atoms with van der Waals surface area (Å²) in [6, 6.07) is 19.5. The molecule has 5 heteroatoms. The zero-order valence-electron chi connectivity index (χ0n) is 16.1. The Morgan fingerprint density at radius 2 is 1.79 bits per heavy atom. The highest BCUT2D eigenvalue weighted by Crippen LogP contribution is 2.19. The highest BCUT2D eigenvalue weighted by molar-refractivity contribution is 5.77. The molecule has 1 amide bonds. The second-order valence-corrected chi connectivity index (χ2v) is 6.61. The molecule has 0 aliphatic carbocycles. The minimum Gasteiger partial charge on any atom is -0.483 e. The summed E-state index contributed by atoms with van der Waals surface area (Å²) in [7, 11) is 0. The molecular formula is C23H24N2O3. The lowest BCUT2D eigenvalue weighted by Crippen LogP contribution is -2.28. The van der Waals surface area contributed by atoms with Crippen molar-refractivity contribution in [3.8, 4) is 11.6 Å². The highest BCUT2D eigenvalue weighted by Gasteiger charge is 2.06. The van der Waals surface area contributed by atoms with Crippen molar-refractivity contribution in [2.24, 2.45) is 0 Å². The van der Waals surface area contributed by atoms with E-state index in [1.807, 2.05) is 74.5 Å². The second kappa shape index (κ2) is 9.55. The molecule has 2 aromatic carbocycles. The van der Waals surface area contributed by atoms with Crippen molar-refractivity contribution in [3.05, 3.63) is 89.1 Å². The molecule has 0 saturated carbocycles. The van der Waals surface area contributed by atoms with Crippen LogP contribution in [-0.4, -0.2) is 17.5 Å². The van der Waals surface area contributed by atoms with Gasteiger partial charge in [-0.05, 0) is 48.2 Å². The summed E-state index contributed by atoms with van der Waals surface area (Å²) in [4.78, 5) is 16.3. The lowest BCUT2D eigenvalue weighted by atomic mass is 10.1. The molecule has 1 aromatic heterocycles. The molecule has 0 bridgehead atoms. The Morgan fingerprint density at radius 3 is 2.61 bits per heavy atom. The van der Waals surface area contributed by atoms with E-state index in [9.17, 15) is 4.79 Å². The molecule has 5 nitrogen and oxygen atoms in total. The lowest BCUT2D eigenvalue weighted by molar-refractivity contribution is -0.123. The normalized spacial score (nSPS) is 10.4. The number of benzene rings is 2. The van der Waals surface area contributed by atoms with Gasteiger partial charge >= 0.3 is 0 Å². The number of rotatable bonds is 8. The zero-order valence-corrected chi connectivity index (χ0v) is 16.1. The Morgan fingerprint density at radius 1 is 0.964 bits per heavy atom. The van der Waals surface area contributed by atoms with Crippen LogP contribution >= 0.6 is 0 Å². The summed E-state index contributed by atoms with van der Waals surface area (Å²) in [6.07, 6.45) is 1.68. The summed E-state index contributed by atoms with van der Waals surface area (Å²) in [5.74, 6) is 1.09. The predicted molar refractivity (Wildman–Crippen MR) is 108 cm³/mol. The van der Waals surface area contributed by atoms with Crippen LogP contribution < -0.4 is 14.8 Å². The quantitative estimate of drug-likeness (QED) is 0.646. The van der Waals surface area contributed by atoms with Gasteiger partial charge in [0.05, 0.1) is 0 Å². The number of nitrogens with one attached hydrogen (secondary N) is 1. The van der Waals surface area contributed by atoms with Crippen LogP contribution in [0.25, 0.3) is 0 Å². The van der Waals surface area contributed by atoms with Crippen LogP contribution in [-0.2, 0) is 17.9 Å². The number of aryl methyl sites for hydroxylation is 2. The molecule has 1 heterocycles. The van der Waals surface area contributed by atoms with Crippen LogP contribution in [0.4, 0.5) is 0 Å². The average Bonchev–Trinajstić information content (AvgIpc) is 2.72. The van der Waals surface area contributed by atoms with E-state index in [4.69, 9.17) is 9.47 Å². The molecule has 28 heavy (non-hydrogen) atoms. The number of ether oxygens (including phenoxy) is 2. The van der Waals surface area contributed by atoms with Gasteiger partial charge < -0.3 is 14.8 Å². The SMILES string of the molecule is Cc1ccc(C)c(OCC(=O)NCc2ccnc(OCc3ccccc3)c2)c1. The van der Waals surface area contributed by atoms with Crippen LogP contribution in [0.5, 0.6) is 11.6 Å². The number of carbonyl (C=O) groups excluding carboxylic acids is 1. The fourth-order valence-corrected chi connectivity index (χ4v) is 2.63. The van der Waals surface area contributed by atoms with Crippen LogP contribution in [0.1, 0.15) is 22.3 Å². The highest BCUT2D eigenvalue weighted by atomic mass is 16.5. The van der Waals surface area contributed by atoms with Gasteiger partial charge in [0.25, 0.3) is 5.91 Å². The number of carbonyl (C=O) groups is 1. The molecule has 1 N–H and O–H groups in total. The number of hydrogen-bond acceptors (Lipinski definition) is 4. The number of pyridine rings is 1. The van der Waals surface area contributed by atoms with Gasteiger partial charge in [-0.25, -0.2) is 4.98 Å². The Hall–Kier alpha value is -3.34. The lowest BCUT2D eigenvalue weighted by Gasteiger charge is -2.11. The van der Waals surface area contributed by atoms with Crippen molar-refractivity contribution in [1.29, 1.82) is 0 Å². The molecule has 0 spiro atoms. The molecule has 0 unspecified atom stereocenters. The topological polar surface area (TPSA) is 60.5 Å². The smallest absolute Gasteiger partial charge is 0.258 e. The van der Waals surface area contributed by atoms with Crippen molar-refractivity contribution in [3.63, 3.8) is 0 Å². The molecule has 0 aliphatic rings. The van der Waals surface area contributed by atoms with E-state index in [-0.39, 0.29) is 12.5 Å². The predicted octanol–water partition coefficient (Wildman–Crippen LogP) is 3.97. The maximum Gasteiger partial charge on any atom is 0.258 e. The second-order valence-electron chi connectivity index (χ2n) is 6.61. The van der Waals surface area contributed by atoms with Gasteiger partial charge in [-0.3, -0.25) is 4.79 Å². The third-order valence-corrected chi connectivity index (χ3v) is 4.22. The number of aromatic nitrogens is 1. The van der Waals surface area contributed by atoms with Crippen molar-refractivity contribution in [2.45, 2.75) is 27.0 Å². The first-order chi connectivity index (χ1) is 13.6. The van der Waals surface area contributed by atoms with Crippen LogP contribution in [0.15, 0.2) is 66.9 Å². The minimum absolute atomic E-state index is 0.0211. The van der Waals surface area contributed by atoms with Gasteiger partial charge in [0, 0.05) is 18.8 Å². The fraction of sp³-hybridized carbons (Fsp3) is 0.217. The van der Waals surface area contributed by atoms with E-state index in [0.29, 0.717) is 19.0 Å². The zero-order chi connectivity index (χ0) is 19.8. The summed E-state index contributed by atoms with van der Waals surface area (Å²) < 4.78 is 11.4. The van der Waals surface area contributed by atoms with Crippen molar-refractivity contribution in [2.75, 3.05) is 6.61 Å². The molecule has 144 valence electrons. The average molecular weight is 376 g/mol. The molecule has 3 rings (SSSR count). The van der Waals surface area contributed by atoms with Gasteiger partial charge in [-0.15, -0.1) is 0 Å². The molecule has 0 radical (unpaired) electrons. The first-order valence-electron chi connectivity index (χ1n) is 9.18. The van der Waals surface area contributed by atoms with E-state index >= 15 is 0 Å². The van der Waals surface area contributed by atoms with Gasteiger partial charge in [-0.2, -0.15) is 0 Å². The van der Waals surface area contributed by atoms with E-state index in [0.717, 1.165) is 28.0 Å². The van der Waals surface area contributed by atoms with Gasteiger partial charge in [0.1, 0.15) is 12.4 Å². The third-order valence-electron chi connectivity index (χ3n) is 4.22. The number of amides is 1. The number of hydrogen-bond donors (Lipinski definition) is 1. The van der Waals surface area contributed by atoms with E-state index < -0.39 is 0 Å². The molecular weight excluding hydrogens is 352 g/mol. The summed E-state index contributed by atoms with van der Waals surface area (Å²) in [6.45, 7) is 4.77. The first kappa shape index (κ1) is 19.4. The third kappa shape index (κ3) is 5.84. The minimum atomic E-state index is -0.176. The number of nitrogens with zero attached hydrogens (tertiary/aromatic N) is 1.